The maximum absolute atomic E-state index is 10.6. The minimum absolute atomic E-state index is 0.139. The summed E-state index contributed by atoms with van der Waals surface area (Å²) in [4.78, 5) is 2.41. The van der Waals surface area contributed by atoms with Crippen molar-refractivity contribution in [1.82, 2.24) is 0 Å². The average molecular weight is 268 g/mol. The molecular formula is C15H24O2S. The molecule has 0 spiro atoms. The Hall–Kier alpha value is -0.380. The molecule has 2 heterocycles. The van der Waals surface area contributed by atoms with Crippen molar-refractivity contribution in [2.45, 2.75) is 64.8 Å². The first-order chi connectivity index (χ1) is 8.25. The highest BCUT2D eigenvalue weighted by molar-refractivity contribution is 7.12. The summed E-state index contributed by atoms with van der Waals surface area (Å²) in [5.41, 5.74) is -0.403. The zero-order chi connectivity index (χ0) is 13.6. The van der Waals surface area contributed by atoms with Gasteiger partial charge in [0, 0.05) is 15.7 Å². The molecule has 0 aliphatic carbocycles. The van der Waals surface area contributed by atoms with Crippen LogP contribution >= 0.6 is 11.3 Å². The fraction of sp³-hybridized carbons (Fsp3) is 0.733. The van der Waals surface area contributed by atoms with E-state index in [1.54, 1.807) is 11.3 Å². The van der Waals surface area contributed by atoms with Gasteiger partial charge >= 0.3 is 0 Å². The molecule has 1 aromatic heterocycles. The molecule has 0 amide bonds. The van der Waals surface area contributed by atoms with Crippen molar-refractivity contribution in [3.8, 4) is 0 Å². The summed E-state index contributed by atoms with van der Waals surface area (Å²) in [6.07, 6.45) is 1.53. The third-order valence-corrected chi connectivity index (χ3v) is 5.15. The van der Waals surface area contributed by atoms with Gasteiger partial charge in [0.05, 0.1) is 17.3 Å². The Morgan fingerprint density at radius 2 is 2.06 bits per heavy atom. The average Bonchev–Trinajstić information content (AvgIpc) is 2.79. The molecule has 1 aromatic rings. The molecule has 102 valence electrons. The van der Waals surface area contributed by atoms with E-state index >= 15 is 0 Å². The van der Waals surface area contributed by atoms with Gasteiger partial charge in [-0.2, -0.15) is 0 Å². The van der Waals surface area contributed by atoms with Crippen LogP contribution in [-0.2, 0) is 11.2 Å². The predicted octanol–water partition coefficient (Wildman–Crippen LogP) is 3.94. The van der Waals surface area contributed by atoms with Gasteiger partial charge in [0.1, 0.15) is 0 Å². The van der Waals surface area contributed by atoms with Crippen molar-refractivity contribution in [3.05, 3.63) is 21.9 Å². The number of thiophene rings is 1. The second-order valence-corrected chi connectivity index (χ2v) is 7.58. The molecule has 1 aliphatic rings. The lowest BCUT2D eigenvalue weighted by atomic mass is 9.82. The lowest BCUT2D eigenvalue weighted by molar-refractivity contribution is -0.0877. The van der Waals surface area contributed by atoms with Crippen LogP contribution in [0.2, 0.25) is 0 Å². The summed E-state index contributed by atoms with van der Waals surface area (Å²) >= 11 is 1.72. The van der Waals surface area contributed by atoms with Gasteiger partial charge in [0.2, 0.25) is 0 Å². The number of aliphatic hydroxyl groups excluding tert-OH is 1. The molecule has 1 aliphatic heterocycles. The van der Waals surface area contributed by atoms with E-state index < -0.39 is 6.10 Å². The third-order valence-electron chi connectivity index (χ3n) is 3.85. The summed E-state index contributed by atoms with van der Waals surface area (Å²) in [7, 11) is 0. The number of rotatable bonds is 3. The Morgan fingerprint density at radius 3 is 2.50 bits per heavy atom. The molecule has 2 rings (SSSR count). The second-order valence-electron chi connectivity index (χ2n) is 6.38. The summed E-state index contributed by atoms with van der Waals surface area (Å²) in [5, 5.41) is 10.6. The minimum atomic E-state index is -0.410. The van der Waals surface area contributed by atoms with E-state index in [2.05, 4.69) is 46.8 Å². The monoisotopic (exact) mass is 268 g/mol. The third kappa shape index (κ3) is 2.63. The van der Waals surface area contributed by atoms with Crippen LogP contribution in [0.1, 0.15) is 56.9 Å². The molecule has 1 saturated heterocycles. The van der Waals surface area contributed by atoms with E-state index in [0.29, 0.717) is 0 Å². The Labute approximate surface area is 114 Å². The van der Waals surface area contributed by atoms with Crippen LogP contribution < -0.4 is 0 Å². The van der Waals surface area contributed by atoms with Crippen molar-refractivity contribution in [3.63, 3.8) is 0 Å². The quantitative estimate of drug-likeness (QED) is 0.900. The van der Waals surface area contributed by atoms with Gasteiger partial charge in [0.15, 0.2) is 0 Å². The fourth-order valence-electron chi connectivity index (χ4n) is 3.04. The van der Waals surface area contributed by atoms with Crippen LogP contribution in [-0.4, -0.2) is 16.3 Å². The molecular weight excluding hydrogens is 244 g/mol. The topological polar surface area (TPSA) is 29.5 Å². The van der Waals surface area contributed by atoms with Gasteiger partial charge < -0.3 is 9.84 Å². The lowest BCUT2D eigenvalue weighted by Gasteiger charge is -2.29. The van der Waals surface area contributed by atoms with E-state index in [4.69, 9.17) is 4.74 Å². The normalized spacial score (nSPS) is 27.3. The summed E-state index contributed by atoms with van der Waals surface area (Å²) in [6.45, 7) is 10.5. The maximum Gasteiger partial charge on any atom is 0.0938 e. The van der Waals surface area contributed by atoms with E-state index in [-0.39, 0.29) is 17.1 Å². The van der Waals surface area contributed by atoms with Crippen LogP contribution in [0.3, 0.4) is 0 Å². The molecule has 3 heteroatoms. The van der Waals surface area contributed by atoms with Crippen molar-refractivity contribution < 1.29 is 9.84 Å². The van der Waals surface area contributed by atoms with Gasteiger partial charge in [-0.05, 0) is 52.7 Å². The number of hydrogen-bond donors (Lipinski definition) is 1. The van der Waals surface area contributed by atoms with Gasteiger partial charge in [0.25, 0.3) is 0 Å². The molecule has 1 fully saturated rings. The number of ether oxygens (including phenoxy) is 1. The number of aryl methyl sites for hydroxylation is 1. The standard InChI is InChI=1S/C15H24O2S/c1-6-10-7-8-12(18-10)13(16)11-9-14(2,3)17-15(11,4)5/h7-8,11,13,16H,6,9H2,1-5H3. The van der Waals surface area contributed by atoms with Gasteiger partial charge in [-0.1, -0.05) is 6.92 Å². The smallest absolute Gasteiger partial charge is 0.0938 e. The van der Waals surface area contributed by atoms with Crippen LogP contribution in [0, 0.1) is 5.92 Å². The fourth-order valence-corrected chi connectivity index (χ4v) is 4.04. The van der Waals surface area contributed by atoms with Crippen molar-refractivity contribution >= 4 is 11.3 Å². The molecule has 2 nitrogen and oxygen atoms in total. The van der Waals surface area contributed by atoms with Gasteiger partial charge in [-0.3, -0.25) is 0 Å². The molecule has 2 atom stereocenters. The van der Waals surface area contributed by atoms with Crippen LogP contribution in [0.5, 0.6) is 0 Å². The Morgan fingerprint density at radius 1 is 1.39 bits per heavy atom. The second kappa shape index (κ2) is 4.62. The lowest BCUT2D eigenvalue weighted by Crippen LogP contribution is -2.32. The molecule has 0 aromatic carbocycles. The van der Waals surface area contributed by atoms with Gasteiger partial charge in [-0.15, -0.1) is 11.3 Å². The number of aliphatic hydroxyl groups is 1. The molecule has 0 bridgehead atoms. The SMILES string of the molecule is CCc1ccc(C(O)C2CC(C)(C)OC2(C)C)s1. The Kier molecular flexibility index (Phi) is 3.60. The molecule has 2 unspecified atom stereocenters. The largest absolute Gasteiger partial charge is 0.387 e. The highest BCUT2D eigenvalue weighted by atomic mass is 32.1. The first-order valence-corrected chi connectivity index (χ1v) is 7.54. The first kappa shape index (κ1) is 14.0. The van der Waals surface area contributed by atoms with Gasteiger partial charge in [-0.25, -0.2) is 0 Å². The van der Waals surface area contributed by atoms with E-state index in [9.17, 15) is 5.11 Å². The molecule has 0 saturated carbocycles. The zero-order valence-corrected chi connectivity index (χ0v) is 12.8. The molecule has 1 N–H and O–H groups in total. The Balaban J connectivity index is 2.20. The minimum Gasteiger partial charge on any atom is -0.387 e. The summed E-state index contributed by atoms with van der Waals surface area (Å²) < 4.78 is 6.07. The van der Waals surface area contributed by atoms with Crippen molar-refractivity contribution in [1.29, 1.82) is 0 Å². The van der Waals surface area contributed by atoms with Crippen LogP contribution in [0.25, 0.3) is 0 Å². The predicted molar refractivity (Wildman–Crippen MR) is 76.0 cm³/mol. The first-order valence-electron chi connectivity index (χ1n) is 6.72. The number of hydrogen-bond acceptors (Lipinski definition) is 3. The highest BCUT2D eigenvalue weighted by Crippen LogP contribution is 2.48. The van der Waals surface area contributed by atoms with Crippen LogP contribution in [0.4, 0.5) is 0 Å². The molecule has 0 radical (unpaired) electrons. The zero-order valence-electron chi connectivity index (χ0n) is 12.0. The van der Waals surface area contributed by atoms with E-state index in [0.717, 1.165) is 17.7 Å². The van der Waals surface area contributed by atoms with Crippen molar-refractivity contribution in [2.24, 2.45) is 5.92 Å². The van der Waals surface area contributed by atoms with Crippen LogP contribution in [0.15, 0.2) is 12.1 Å². The maximum atomic E-state index is 10.6. The van der Waals surface area contributed by atoms with E-state index in [1.165, 1.54) is 4.88 Å². The summed E-state index contributed by atoms with van der Waals surface area (Å²) in [5.74, 6) is 0.163. The summed E-state index contributed by atoms with van der Waals surface area (Å²) in [6, 6.07) is 4.19. The van der Waals surface area contributed by atoms with E-state index in [1.807, 2.05) is 0 Å². The van der Waals surface area contributed by atoms with Crippen molar-refractivity contribution in [2.75, 3.05) is 0 Å². The Bertz CT molecular complexity index is 420. The molecule has 18 heavy (non-hydrogen) atoms. The highest BCUT2D eigenvalue weighted by Gasteiger charge is 2.49.